The summed E-state index contributed by atoms with van der Waals surface area (Å²) >= 11 is 1.71. The van der Waals surface area contributed by atoms with Crippen molar-refractivity contribution in [2.45, 2.75) is 6.04 Å². The molecule has 0 fully saturated rings. The van der Waals surface area contributed by atoms with Gasteiger partial charge in [0.05, 0.1) is 19.8 Å². The third-order valence-corrected chi connectivity index (χ3v) is 3.54. The molecule has 0 radical (unpaired) electrons. The van der Waals surface area contributed by atoms with Gasteiger partial charge in [-0.3, -0.25) is 0 Å². The quantitative estimate of drug-likeness (QED) is 0.782. The van der Waals surface area contributed by atoms with Crippen LogP contribution in [0.3, 0.4) is 0 Å². The predicted octanol–water partition coefficient (Wildman–Crippen LogP) is 1.98. The molecule has 0 aliphatic heterocycles. The highest BCUT2D eigenvalue weighted by atomic mass is 32.1. The first-order valence-corrected chi connectivity index (χ1v) is 5.75. The van der Waals surface area contributed by atoms with E-state index in [0.717, 1.165) is 4.88 Å². The average molecular weight is 238 g/mol. The van der Waals surface area contributed by atoms with E-state index in [1.807, 2.05) is 12.1 Å². The average Bonchev–Trinajstić information content (AvgIpc) is 2.72. The summed E-state index contributed by atoms with van der Waals surface area (Å²) in [5.74, 6) is 5.10. The molecule has 0 saturated heterocycles. The standard InChI is InChI=1S/C11H14N2O2S/c1-14-13-9(7-15-12)11-6-8-4-2-3-5-10(8)16-11/h2-6,9,13H,7,12H2,1H3/t9-/m1/s1. The summed E-state index contributed by atoms with van der Waals surface area (Å²) in [5.41, 5.74) is 2.87. The Balaban J connectivity index is 2.29. The Bertz CT molecular complexity index is 419. The fourth-order valence-electron chi connectivity index (χ4n) is 1.59. The molecular weight excluding hydrogens is 224 g/mol. The Morgan fingerprint density at radius 1 is 1.44 bits per heavy atom. The normalized spacial score (nSPS) is 13.1. The molecule has 0 spiro atoms. The second-order valence-corrected chi connectivity index (χ2v) is 4.51. The van der Waals surface area contributed by atoms with Crippen LogP contribution in [0.1, 0.15) is 10.9 Å². The number of rotatable bonds is 5. The minimum Gasteiger partial charge on any atom is -0.304 e. The number of benzene rings is 1. The van der Waals surface area contributed by atoms with Gasteiger partial charge in [-0.05, 0) is 17.5 Å². The van der Waals surface area contributed by atoms with Gasteiger partial charge >= 0.3 is 0 Å². The fraction of sp³-hybridized carbons (Fsp3) is 0.273. The Hall–Kier alpha value is -0.980. The van der Waals surface area contributed by atoms with Crippen molar-refractivity contribution in [1.29, 1.82) is 0 Å². The molecule has 1 aromatic heterocycles. The summed E-state index contributed by atoms with van der Waals surface area (Å²) in [6.45, 7) is 0.376. The van der Waals surface area contributed by atoms with Gasteiger partial charge in [0.15, 0.2) is 0 Å². The zero-order valence-electron chi connectivity index (χ0n) is 8.97. The Kier molecular flexibility index (Phi) is 3.87. The number of hydroxylamine groups is 1. The van der Waals surface area contributed by atoms with Crippen LogP contribution in [0.15, 0.2) is 30.3 Å². The van der Waals surface area contributed by atoms with Crippen LogP contribution in [-0.2, 0) is 9.68 Å². The van der Waals surface area contributed by atoms with Gasteiger partial charge in [-0.2, -0.15) is 5.48 Å². The van der Waals surface area contributed by atoms with Crippen LogP contribution in [0.2, 0.25) is 0 Å². The van der Waals surface area contributed by atoms with E-state index in [0.29, 0.717) is 6.61 Å². The molecule has 3 N–H and O–H groups in total. The van der Waals surface area contributed by atoms with Gasteiger partial charge in [0.1, 0.15) is 0 Å². The molecule has 5 heteroatoms. The third kappa shape index (κ3) is 2.40. The Morgan fingerprint density at radius 2 is 2.25 bits per heavy atom. The summed E-state index contributed by atoms with van der Waals surface area (Å²) in [7, 11) is 1.58. The molecule has 0 amide bonds. The number of nitrogens with one attached hydrogen (secondary N) is 1. The van der Waals surface area contributed by atoms with Crippen molar-refractivity contribution < 1.29 is 9.68 Å². The van der Waals surface area contributed by atoms with E-state index in [-0.39, 0.29) is 6.04 Å². The second kappa shape index (κ2) is 5.38. The van der Waals surface area contributed by atoms with E-state index < -0.39 is 0 Å². The zero-order chi connectivity index (χ0) is 11.4. The molecule has 1 aromatic carbocycles. The van der Waals surface area contributed by atoms with Gasteiger partial charge in [-0.1, -0.05) is 18.2 Å². The van der Waals surface area contributed by atoms with Crippen LogP contribution in [0.5, 0.6) is 0 Å². The summed E-state index contributed by atoms with van der Waals surface area (Å²) in [5, 5.41) is 1.22. The van der Waals surface area contributed by atoms with Crippen molar-refractivity contribution in [3.05, 3.63) is 35.2 Å². The van der Waals surface area contributed by atoms with Gasteiger partial charge in [0.25, 0.3) is 0 Å². The van der Waals surface area contributed by atoms with Crippen molar-refractivity contribution >= 4 is 21.4 Å². The highest BCUT2D eigenvalue weighted by Gasteiger charge is 2.14. The summed E-state index contributed by atoms with van der Waals surface area (Å²) < 4.78 is 1.25. The second-order valence-electron chi connectivity index (χ2n) is 3.39. The minimum atomic E-state index is -0.0348. The van der Waals surface area contributed by atoms with E-state index in [4.69, 9.17) is 10.7 Å². The summed E-state index contributed by atoms with van der Waals surface area (Å²) in [6.07, 6.45) is 0. The molecule has 86 valence electrons. The SMILES string of the molecule is CON[C@H](CON)c1cc2ccccc2s1. The van der Waals surface area contributed by atoms with Crippen molar-refractivity contribution in [3.63, 3.8) is 0 Å². The maximum Gasteiger partial charge on any atom is 0.0917 e. The van der Waals surface area contributed by atoms with Crippen molar-refractivity contribution in [2.24, 2.45) is 5.90 Å². The first-order chi connectivity index (χ1) is 7.85. The number of thiophene rings is 1. The molecule has 1 heterocycles. The van der Waals surface area contributed by atoms with Crippen molar-refractivity contribution in [3.8, 4) is 0 Å². The van der Waals surface area contributed by atoms with Crippen LogP contribution in [0, 0.1) is 0 Å². The van der Waals surface area contributed by atoms with Crippen molar-refractivity contribution in [1.82, 2.24) is 5.48 Å². The lowest BCUT2D eigenvalue weighted by Crippen LogP contribution is -2.25. The highest BCUT2D eigenvalue weighted by Crippen LogP contribution is 2.29. The smallest absolute Gasteiger partial charge is 0.0917 e. The molecule has 2 aromatic rings. The van der Waals surface area contributed by atoms with Crippen LogP contribution in [-0.4, -0.2) is 13.7 Å². The maximum absolute atomic E-state index is 5.10. The van der Waals surface area contributed by atoms with Gasteiger partial charge in [0, 0.05) is 9.58 Å². The van der Waals surface area contributed by atoms with Gasteiger partial charge in [-0.15, -0.1) is 11.3 Å². The third-order valence-electron chi connectivity index (χ3n) is 2.31. The Morgan fingerprint density at radius 3 is 2.94 bits per heavy atom. The van der Waals surface area contributed by atoms with E-state index in [1.165, 1.54) is 10.1 Å². The lowest BCUT2D eigenvalue weighted by molar-refractivity contribution is 0.0177. The minimum absolute atomic E-state index is 0.0348. The summed E-state index contributed by atoms with van der Waals surface area (Å²) in [6, 6.07) is 10.3. The molecule has 0 bridgehead atoms. The first kappa shape index (κ1) is 11.5. The topological polar surface area (TPSA) is 56.5 Å². The zero-order valence-corrected chi connectivity index (χ0v) is 9.79. The summed E-state index contributed by atoms with van der Waals surface area (Å²) in [4.78, 5) is 10.7. The van der Waals surface area contributed by atoms with Gasteiger partial charge in [-0.25, -0.2) is 5.90 Å². The van der Waals surface area contributed by atoms with E-state index in [1.54, 1.807) is 18.4 Å². The first-order valence-electron chi connectivity index (χ1n) is 4.94. The van der Waals surface area contributed by atoms with Gasteiger partial charge < -0.3 is 9.68 Å². The number of hydrogen-bond acceptors (Lipinski definition) is 5. The molecule has 0 saturated carbocycles. The van der Waals surface area contributed by atoms with Gasteiger partial charge in [0.2, 0.25) is 0 Å². The van der Waals surface area contributed by atoms with E-state index >= 15 is 0 Å². The Labute approximate surface area is 97.9 Å². The van der Waals surface area contributed by atoms with Crippen LogP contribution in [0.25, 0.3) is 10.1 Å². The molecule has 4 nitrogen and oxygen atoms in total. The predicted molar refractivity (Wildman–Crippen MR) is 64.9 cm³/mol. The van der Waals surface area contributed by atoms with E-state index in [9.17, 15) is 0 Å². The number of fused-ring (bicyclic) bond motifs is 1. The fourth-order valence-corrected chi connectivity index (χ4v) is 2.68. The van der Waals surface area contributed by atoms with Crippen LogP contribution in [0.4, 0.5) is 0 Å². The molecule has 0 unspecified atom stereocenters. The molecular formula is C11H14N2O2S. The molecule has 0 aliphatic rings. The maximum atomic E-state index is 5.10. The number of hydrogen-bond donors (Lipinski definition) is 2. The van der Waals surface area contributed by atoms with Crippen LogP contribution < -0.4 is 11.4 Å². The lowest BCUT2D eigenvalue weighted by atomic mass is 10.2. The molecule has 16 heavy (non-hydrogen) atoms. The number of nitrogens with two attached hydrogens (primary N) is 1. The lowest BCUT2D eigenvalue weighted by Gasteiger charge is -2.13. The van der Waals surface area contributed by atoms with Crippen LogP contribution >= 0.6 is 11.3 Å². The highest BCUT2D eigenvalue weighted by molar-refractivity contribution is 7.19. The molecule has 0 aliphatic carbocycles. The van der Waals surface area contributed by atoms with E-state index in [2.05, 4.69) is 28.5 Å². The molecule has 2 rings (SSSR count). The molecule has 1 atom stereocenters. The monoisotopic (exact) mass is 238 g/mol. The van der Waals surface area contributed by atoms with Crippen molar-refractivity contribution in [2.75, 3.05) is 13.7 Å². The largest absolute Gasteiger partial charge is 0.304 e.